The number of nitrogens with one attached hydrogen (secondary N) is 1. The molecule has 1 atom stereocenters. The van der Waals surface area contributed by atoms with Crippen molar-refractivity contribution in [3.05, 3.63) is 47.5 Å². The second-order valence-electron chi connectivity index (χ2n) is 4.68. The molecule has 0 bridgehead atoms. The summed E-state index contributed by atoms with van der Waals surface area (Å²) in [6.45, 7) is 4.05. The van der Waals surface area contributed by atoms with E-state index in [-0.39, 0.29) is 11.9 Å². The van der Waals surface area contributed by atoms with Crippen LogP contribution in [-0.4, -0.2) is 15.8 Å². The highest BCUT2D eigenvalue weighted by molar-refractivity contribution is 5.46. The third kappa shape index (κ3) is 3.09. The fourth-order valence-corrected chi connectivity index (χ4v) is 2.08. The van der Waals surface area contributed by atoms with Gasteiger partial charge in [-0.05, 0) is 38.0 Å². The van der Waals surface area contributed by atoms with Gasteiger partial charge < -0.3 is 5.32 Å². The van der Waals surface area contributed by atoms with E-state index in [1.54, 1.807) is 16.8 Å². The number of halogens is 1. The van der Waals surface area contributed by atoms with Crippen molar-refractivity contribution in [3.63, 3.8) is 0 Å². The quantitative estimate of drug-likeness (QED) is 0.900. The van der Waals surface area contributed by atoms with E-state index in [4.69, 9.17) is 0 Å². The third-order valence-electron chi connectivity index (χ3n) is 2.85. The first-order valence-corrected chi connectivity index (χ1v) is 6.06. The van der Waals surface area contributed by atoms with Gasteiger partial charge in [0.25, 0.3) is 0 Å². The van der Waals surface area contributed by atoms with E-state index in [1.165, 1.54) is 6.07 Å². The van der Waals surface area contributed by atoms with Gasteiger partial charge in [-0.2, -0.15) is 5.10 Å². The standard InChI is InChI=1S/C14H18FN3/c1-10(7-12-5-4-6-13(15)8-12)16-14-9-18(3)17-11(14)2/h4-6,8-10,16H,7H2,1-3H3. The molecule has 2 aromatic rings. The molecule has 0 aliphatic rings. The predicted molar refractivity (Wildman–Crippen MR) is 71.1 cm³/mol. The molecular formula is C14H18FN3. The van der Waals surface area contributed by atoms with Gasteiger partial charge in [-0.3, -0.25) is 4.68 Å². The minimum absolute atomic E-state index is 0.183. The maximum Gasteiger partial charge on any atom is 0.123 e. The smallest absolute Gasteiger partial charge is 0.123 e. The van der Waals surface area contributed by atoms with Gasteiger partial charge in [0.05, 0.1) is 11.4 Å². The van der Waals surface area contributed by atoms with Crippen LogP contribution in [0.2, 0.25) is 0 Å². The molecule has 1 heterocycles. The van der Waals surface area contributed by atoms with Gasteiger partial charge in [-0.25, -0.2) is 4.39 Å². The lowest BCUT2D eigenvalue weighted by Gasteiger charge is -2.14. The topological polar surface area (TPSA) is 29.9 Å². The Balaban J connectivity index is 2.00. The van der Waals surface area contributed by atoms with Crippen LogP contribution >= 0.6 is 0 Å². The molecule has 0 spiro atoms. The Morgan fingerprint density at radius 1 is 1.44 bits per heavy atom. The van der Waals surface area contributed by atoms with Crippen molar-refractivity contribution in [1.29, 1.82) is 0 Å². The summed E-state index contributed by atoms with van der Waals surface area (Å²) in [4.78, 5) is 0. The molecule has 1 unspecified atom stereocenters. The van der Waals surface area contributed by atoms with E-state index in [9.17, 15) is 4.39 Å². The maximum absolute atomic E-state index is 13.1. The molecule has 18 heavy (non-hydrogen) atoms. The average molecular weight is 247 g/mol. The molecule has 1 aromatic carbocycles. The Bertz CT molecular complexity index is 534. The van der Waals surface area contributed by atoms with Crippen LogP contribution in [0.1, 0.15) is 18.2 Å². The normalized spacial score (nSPS) is 12.4. The fraction of sp³-hybridized carbons (Fsp3) is 0.357. The molecule has 0 saturated carbocycles. The number of anilines is 1. The van der Waals surface area contributed by atoms with Gasteiger partial charge in [0.2, 0.25) is 0 Å². The van der Waals surface area contributed by atoms with Gasteiger partial charge in [0.1, 0.15) is 5.82 Å². The van der Waals surface area contributed by atoms with E-state index >= 15 is 0 Å². The summed E-state index contributed by atoms with van der Waals surface area (Å²) in [6.07, 6.45) is 2.74. The molecule has 1 N–H and O–H groups in total. The molecule has 1 aromatic heterocycles. The summed E-state index contributed by atoms with van der Waals surface area (Å²) in [5.74, 6) is -0.183. The Hall–Kier alpha value is -1.84. The average Bonchev–Trinajstić information content (AvgIpc) is 2.57. The van der Waals surface area contributed by atoms with Crippen molar-refractivity contribution >= 4 is 5.69 Å². The molecule has 4 heteroatoms. The SMILES string of the molecule is Cc1nn(C)cc1NC(C)Cc1cccc(F)c1. The predicted octanol–water partition coefficient (Wildman–Crippen LogP) is 2.91. The number of rotatable bonds is 4. The summed E-state index contributed by atoms with van der Waals surface area (Å²) in [6, 6.07) is 6.96. The molecule has 0 radical (unpaired) electrons. The van der Waals surface area contributed by atoms with Crippen molar-refractivity contribution in [2.45, 2.75) is 26.3 Å². The zero-order valence-corrected chi connectivity index (χ0v) is 10.9. The number of hydrogen-bond donors (Lipinski definition) is 1. The number of hydrogen-bond acceptors (Lipinski definition) is 2. The van der Waals surface area contributed by atoms with Crippen molar-refractivity contribution < 1.29 is 4.39 Å². The second kappa shape index (κ2) is 5.21. The van der Waals surface area contributed by atoms with Gasteiger partial charge in [-0.1, -0.05) is 12.1 Å². The van der Waals surface area contributed by atoms with Crippen LogP contribution < -0.4 is 5.32 Å². The highest BCUT2D eigenvalue weighted by Gasteiger charge is 2.08. The van der Waals surface area contributed by atoms with Crippen LogP contribution in [0, 0.1) is 12.7 Å². The molecule has 0 fully saturated rings. The molecule has 3 nitrogen and oxygen atoms in total. The van der Waals surface area contributed by atoms with Crippen molar-refractivity contribution in [2.75, 3.05) is 5.32 Å². The Labute approximate surface area is 107 Å². The Kier molecular flexibility index (Phi) is 3.65. The number of aromatic nitrogens is 2. The van der Waals surface area contributed by atoms with Gasteiger partial charge >= 0.3 is 0 Å². The molecule has 0 amide bonds. The first-order chi connectivity index (χ1) is 8.54. The lowest BCUT2D eigenvalue weighted by molar-refractivity contribution is 0.624. The minimum Gasteiger partial charge on any atom is -0.380 e. The van der Waals surface area contributed by atoms with E-state index in [0.717, 1.165) is 23.4 Å². The van der Waals surface area contributed by atoms with E-state index in [0.29, 0.717) is 0 Å². The summed E-state index contributed by atoms with van der Waals surface area (Å²) in [5.41, 5.74) is 3.00. The zero-order valence-electron chi connectivity index (χ0n) is 10.9. The van der Waals surface area contributed by atoms with Crippen LogP contribution in [0.25, 0.3) is 0 Å². The summed E-state index contributed by atoms with van der Waals surface area (Å²) in [5, 5.41) is 7.67. The Morgan fingerprint density at radius 2 is 2.22 bits per heavy atom. The minimum atomic E-state index is -0.183. The number of benzene rings is 1. The van der Waals surface area contributed by atoms with Gasteiger partial charge in [0.15, 0.2) is 0 Å². The molecule has 0 saturated heterocycles. The summed E-state index contributed by atoms with van der Waals surface area (Å²) in [7, 11) is 1.90. The monoisotopic (exact) mass is 247 g/mol. The maximum atomic E-state index is 13.1. The van der Waals surface area contributed by atoms with Crippen LogP contribution in [0.4, 0.5) is 10.1 Å². The summed E-state index contributed by atoms with van der Waals surface area (Å²) >= 11 is 0. The number of nitrogens with zero attached hydrogens (tertiary/aromatic N) is 2. The number of aryl methyl sites for hydroxylation is 2. The second-order valence-corrected chi connectivity index (χ2v) is 4.68. The fourth-order valence-electron chi connectivity index (χ4n) is 2.08. The molecule has 2 rings (SSSR count). The molecular weight excluding hydrogens is 229 g/mol. The van der Waals surface area contributed by atoms with E-state index in [1.807, 2.05) is 26.2 Å². The zero-order chi connectivity index (χ0) is 13.1. The van der Waals surface area contributed by atoms with Gasteiger partial charge in [-0.15, -0.1) is 0 Å². The van der Waals surface area contributed by atoms with Crippen LogP contribution in [0.5, 0.6) is 0 Å². The van der Waals surface area contributed by atoms with Crippen molar-refractivity contribution in [3.8, 4) is 0 Å². The van der Waals surface area contributed by atoms with Crippen LogP contribution in [-0.2, 0) is 13.5 Å². The first kappa shape index (κ1) is 12.6. The van der Waals surface area contributed by atoms with Crippen LogP contribution in [0.3, 0.4) is 0 Å². The molecule has 96 valence electrons. The third-order valence-corrected chi connectivity index (χ3v) is 2.85. The highest BCUT2D eigenvalue weighted by Crippen LogP contribution is 2.15. The largest absolute Gasteiger partial charge is 0.380 e. The first-order valence-electron chi connectivity index (χ1n) is 6.06. The lowest BCUT2D eigenvalue weighted by atomic mass is 10.1. The van der Waals surface area contributed by atoms with Crippen molar-refractivity contribution in [2.24, 2.45) is 7.05 Å². The van der Waals surface area contributed by atoms with Crippen LogP contribution in [0.15, 0.2) is 30.5 Å². The van der Waals surface area contributed by atoms with E-state index < -0.39 is 0 Å². The molecule has 0 aliphatic carbocycles. The highest BCUT2D eigenvalue weighted by atomic mass is 19.1. The van der Waals surface area contributed by atoms with Crippen molar-refractivity contribution in [1.82, 2.24) is 9.78 Å². The molecule has 0 aliphatic heterocycles. The van der Waals surface area contributed by atoms with E-state index in [2.05, 4.69) is 17.3 Å². The van der Waals surface area contributed by atoms with Gasteiger partial charge in [0, 0.05) is 19.3 Å². The Morgan fingerprint density at radius 3 is 2.83 bits per heavy atom. The lowest BCUT2D eigenvalue weighted by Crippen LogP contribution is -2.18. The summed E-state index contributed by atoms with van der Waals surface area (Å²) < 4.78 is 14.9.